The quantitative estimate of drug-likeness (QED) is 0.462. The van der Waals surface area contributed by atoms with E-state index in [-0.39, 0.29) is 42.3 Å². The Labute approximate surface area is 201 Å². The summed E-state index contributed by atoms with van der Waals surface area (Å²) < 4.78 is 47.7. The average molecular weight is 496 g/mol. The fourth-order valence-corrected chi connectivity index (χ4v) is 3.87. The third kappa shape index (κ3) is 5.62. The molecular weight excluding hydrogens is 464 g/mol. The number of nitrogens with one attached hydrogen (secondary N) is 1. The zero-order valence-electron chi connectivity index (χ0n) is 20.6. The topological polar surface area (TPSA) is 99.1 Å². The van der Waals surface area contributed by atoms with Crippen molar-refractivity contribution in [1.82, 2.24) is 9.88 Å². The molecule has 1 aromatic heterocycles. The van der Waals surface area contributed by atoms with Gasteiger partial charge in [-0.1, -0.05) is 0 Å². The standard InChI is InChI=1S/C24H31F2N3O6/c1-6-28-12-16(22(31)34-13-35-23(32)24(2,3)4)21(30)15-9-17(25)20(18(26)19(15)28)29-7-8-33-14(11-29)10-27-5/h9,12,14,27H,6-8,10-11,13H2,1-5H3. The fourth-order valence-electron chi connectivity index (χ4n) is 3.87. The van der Waals surface area contributed by atoms with Crippen LogP contribution in [0, 0.1) is 17.0 Å². The number of rotatable bonds is 7. The third-order valence-corrected chi connectivity index (χ3v) is 5.67. The average Bonchev–Trinajstić information content (AvgIpc) is 2.79. The second-order valence-corrected chi connectivity index (χ2v) is 9.30. The summed E-state index contributed by atoms with van der Waals surface area (Å²) in [5, 5.41) is 2.70. The van der Waals surface area contributed by atoms with Gasteiger partial charge in [0, 0.05) is 32.4 Å². The van der Waals surface area contributed by atoms with Gasteiger partial charge in [-0.25, -0.2) is 13.6 Å². The van der Waals surface area contributed by atoms with Crippen molar-refractivity contribution in [2.45, 2.75) is 40.3 Å². The van der Waals surface area contributed by atoms with E-state index in [1.807, 2.05) is 0 Å². The van der Waals surface area contributed by atoms with Gasteiger partial charge < -0.3 is 29.0 Å². The number of hydrogen-bond acceptors (Lipinski definition) is 8. The molecule has 1 aliphatic heterocycles. The van der Waals surface area contributed by atoms with Crippen molar-refractivity contribution < 1.29 is 32.6 Å². The second kappa shape index (κ2) is 10.7. The number of aromatic nitrogens is 1. The van der Waals surface area contributed by atoms with E-state index in [9.17, 15) is 14.4 Å². The number of benzene rings is 1. The van der Waals surface area contributed by atoms with Gasteiger partial charge in [-0.15, -0.1) is 0 Å². The van der Waals surface area contributed by atoms with Gasteiger partial charge in [-0.2, -0.15) is 0 Å². The molecule has 3 rings (SSSR count). The molecule has 1 fully saturated rings. The second-order valence-electron chi connectivity index (χ2n) is 9.30. The predicted molar refractivity (Wildman–Crippen MR) is 126 cm³/mol. The molecule has 1 N–H and O–H groups in total. The number of likely N-dealkylation sites (N-methyl/N-ethyl adjacent to an activating group) is 1. The molecule has 9 nitrogen and oxygen atoms in total. The molecule has 1 aliphatic rings. The monoisotopic (exact) mass is 495 g/mol. The minimum absolute atomic E-state index is 0.110. The maximum absolute atomic E-state index is 15.7. The molecule has 1 aromatic carbocycles. The molecular formula is C24H31F2N3O6. The smallest absolute Gasteiger partial charge is 0.346 e. The molecule has 0 bridgehead atoms. The lowest BCUT2D eigenvalue weighted by molar-refractivity contribution is -0.161. The number of hydrogen-bond donors (Lipinski definition) is 1. The van der Waals surface area contributed by atoms with E-state index in [4.69, 9.17) is 14.2 Å². The van der Waals surface area contributed by atoms with Crippen LogP contribution in [0.5, 0.6) is 0 Å². The van der Waals surface area contributed by atoms with Gasteiger partial charge in [0.05, 0.1) is 29.0 Å². The normalized spacial score (nSPS) is 16.4. The van der Waals surface area contributed by atoms with E-state index in [1.54, 1.807) is 39.6 Å². The van der Waals surface area contributed by atoms with Crippen LogP contribution in [0.1, 0.15) is 38.1 Å². The predicted octanol–water partition coefficient (Wildman–Crippen LogP) is 2.43. The van der Waals surface area contributed by atoms with Crippen LogP contribution >= 0.6 is 0 Å². The van der Waals surface area contributed by atoms with Gasteiger partial charge in [-0.05, 0) is 40.8 Å². The summed E-state index contributed by atoms with van der Waals surface area (Å²) in [5.41, 5.74) is -2.45. The van der Waals surface area contributed by atoms with E-state index in [0.29, 0.717) is 13.2 Å². The maximum Gasteiger partial charge on any atom is 0.346 e. The Hall–Kier alpha value is -3.05. The lowest BCUT2D eigenvalue weighted by Crippen LogP contribution is -2.47. The Morgan fingerprint density at radius 2 is 1.97 bits per heavy atom. The van der Waals surface area contributed by atoms with Crippen LogP contribution in [0.25, 0.3) is 10.9 Å². The van der Waals surface area contributed by atoms with Crippen LogP contribution in [-0.2, 0) is 25.5 Å². The van der Waals surface area contributed by atoms with E-state index in [0.717, 1.165) is 6.07 Å². The van der Waals surface area contributed by atoms with Crippen LogP contribution in [0.15, 0.2) is 17.1 Å². The van der Waals surface area contributed by atoms with Crippen LogP contribution in [0.4, 0.5) is 14.5 Å². The number of anilines is 1. The number of halogens is 2. The Kier molecular flexibility index (Phi) is 8.11. The largest absolute Gasteiger partial charge is 0.427 e. The summed E-state index contributed by atoms with van der Waals surface area (Å²) in [6, 6.07) is 0.946. The first-order chi connectivity index (χ1) is 16.5. The van der Waals surface area contributed by atoms with Crippen molar-refractivity contribution in [2.75, 3.05) is 45.0 Å². The van der Waals surface area contributed by atoms with Crippen LogP contribution in [0.3, 0.4) is 0 Å². The molecule has 192 valence electrons. The van der Waals surface area contributed by atoms with Crippen molar-refractivity contribution in [1.29, 1.82) is 0 Å². The van der Waals surface area contributed by atoms with E-state index < -0.39 is 46.8 Å². The van der Waals surface area contributed by atoms with Gasteiger partial charge in [-0.3, -0.25) is 9.59 Å². The number of esters is 2. The summed E-state index contributed by atoms with van der Waals surface area (Å²) in [6.45, 7) is 7.49. The minimum atomic E-state index is -1.06. The van der Waals surface area contributed by atoms with Crippen molar-refractivity contribution in [2.24, 2.45) is 5.41 Å². The van der Waals surface area contributed by atoms with Crippen molar-refractivity contribution in [3.8, 4) is 0 Å². The molecule has 0 aliphatic carbocycles. The summed E-state index contributed by atoms with van der Waals surface area (Å²) in [4.78, 5) is 39.0. The first-order valence-corrected chi connectivity index (χ1v) is 11.4. The van der Waals surface area contributed by atoms with E-state index in [1.165, 1.54) is 10.8 Å². The van der Waals surface area contributed by atoms with Crippen LogP contribution in [0.2, 0.25) is 0 Å². The molecule has 11 heteroatoms. The number of aryl methyl sites for hydroxylation is 1. The highest BCUT2D eigenvalue weighted by Gasteiger charge is 2.29. The van der Waals surface area contributed by atoms with Gasteiger partial charge in [0.25, 0.3) is 0 Å². The molecule has 0 spiro atoms. The molecule has 35 heavy (non-hydrogen) atoms. The van der Waals surface area contributed by atoms with Crippen molar-refractivity contribution in [3.05, 3.63) is 39.7 Å². The number of carbonyl (C=O) groups is 2. The summed E-state index contributed by atoms with van der Waals surface area (Å²) in [6.07, 6.45) is 0.924. The zero-order valence-corrected chi connectivity index (χ0v) is 20.6. The van der Waals surface area contributed by atoms with Gasteiger partial charge >= 0.3 is 11.9 Å². The minimum Gasteiger partial charge on any atom is -0.427 e. The summed E-state index contributed by atoms with van der Waals surface area (Å²) in [7, 11) is 1.76. The number of nitrogens with zero attached hydrogens (tertiary/aromatic N) is 2. The lowest BCUT2D eigenvalue weighted by Gasteiger charge is -2.35. The molecule has 1 saturated heterocycles. The first kappa shape index (κ1) is 26.6. The Morgan fingerprint density at radius 1 is 1.26 bits per heavy atom. The first-order valence-electron chi connectivity index (χ1n) is 11.4. The Bertz CT molecular complexity index is 1170. The highest BCUT2D eigenvalue weighted by Crippen LogP contribution is 2.31. The molecule has 1 unspecified atom stereocenters. The summed E-state index contributed by atoms with van der Waals surface area (Å²) >= 11 is 0. The van der Waals surface area contributed by atoms with Gasteiger partial charge in [0.2, 0.25) is 12.2 Å². The highest BCUT2D eigenvalue weighted by molar-refractivity contribution is 5.95. The lowest BCUT2D eigenvalue weighted by atomic mass is 9.98. The summed E-state index contributed by atoms with van der Waals surface area (Å²) in [5.74, 6) is -3.45. The molecule has 2 aromatic rings. The van der Waals surface area contributed by atoms with Crippen LogP contribution < -0.4 is 15.6 Å². The number of morpholine rings is 1. The SMILES string of the molecule is CCn1cc(C(=O)OCOC(=O)C(C)(C)C)c(=O)c2cc(F)c(N3CCOC(CNC)C3)c(F)c21. The Balaban J connectivity index is 1.97. The van der Waals surface area contributed by atoms with Crippen LogP contribution in [-0.4, -0.2) is 62.7 Å². The zero-order chi connectivity index (χ0) is 25.9. The van der Waals surface area contributed by atoms with Crippen molar-refractivity contribution >= 4 is 28.5 Å². The van der Waals surface area contributed by atoms with E-state index in [2.05, 4.69) is 5.32 Å². The number of carbonyl (C=O) groups excluding carboxylic acids is 2. The molecule has 0 radical (unpaired) electrons. The molecule has 0 saturated carbocycles. The number of fused-ring (bicyclic) bond motifs is 1. The van der Waals surface area contributed by atoms with E-state index >= 15 is 8.78 Å². The maximum atomic E-state index is 15.7. The Morgan fingerprint density at radius 3 is 2.60 bits per heavy atom. The van der Waals surface area contributed by atoms with Crippen molar-refractivity contribution in [3.63, 3.8) is 0 Å². The fraction of sp³-hybridized carbons (Fsp3) is 0.542. The number of pyridine rings is 1. The molecule has 0 amide bonds. The van der Waals surface area contributed by atoms with Gasteiger partial charge in [0.1, 0.15) is 17.1 Å². The number of ether oxygens (including phenoxy) is 3. The molecule has 2 heterocycles. The third-order valence-electron chi connectivity index (χ3n) is 5.67. The van der Waals surface area contributed by atoms with Gasteiger partial charge in [0.15, 0.2) is 5.82 Å². The molecule has 1 atom stereocenters. The highest BCUT2D eigenvalue weighted by atomic mass is 19.1.